The Bertz CT molecular complexity index is 954. The highest BCUT2D eigenvalue weighted by Gasteiger charge is 2.28. The second-order valence-corrected chi connectivity index (χ2v) is 8.14. The van der Waals surface area contributed by atoms with Crippen molar-refractivity contribution in [2.45, 2.75) is 24.3 Å². The van der Waals surface area contributed by atoms with Gasteiger partial charge in [-0.2, -0.15) is 0 Å². The van der Waals surface area contributed by atoms with E-state index in [0.29, 0.717) is 22.7 Å². The number of ether oxygens (including phenoxy) is 2. The maximum atomic E-state index is 12.5. The van der Waals surface area contributed by atoms with Crippen molar-refractivity contribution < 1.29 is 27.8 Å². The first-order chi connectivity index (χ1) is 12.7. The van der Waals surface area contributed by atoms with Crippen molar-refractivity contribution in [3.05, 3.63) is 48.0 Å². The topological polar surface area (TPSA) is 114 Å². The first kappa shape index (κ1) is 19.2. The largest absolute Gasteiger partial charge is 0.454 e. The number of benzene rings is 2. The van der Waals surface area contributed by atoms with Crippen LogP contribution in [-0.4, -0.2) is 32.8 Å². The molecule has 2 aromatic carbocycles. The summed E-state index contributed by atoms with van der Waals surface area (Å²) < 4.78 is 37.9. The molecule has 1 heterocycles. The van der Waals surface area contributed by atoms with Crippen molar-refractivity contribution in [1.82, 2.24) is 4.72 Å². The van der Waals surface area contributed by atoms with Crippen molar-refractivity contribution in [2.24, 2.45) is 0 Å². The molecule has 0 fully saturated rings. The molecule has 3 rings (SSSR count). The summed E-state index contributed by atoms with van der Waals surface area (Å²) in [7, 11) is -3.84. The van der Waals surface area contributed by atoms with E-state index in [1.165, 1.54) is 38.1 Å². The van der Waals surface area contributed by atoms with Crippen LogP contribution in [0.5, 0.6) is 11.5 Å². The minimum Gasteiger partial charge on any atom is -0.454 e. The maximum Gasteiger partial charge on any atom is 0.240 e. The minimum atomic E-state index is -3.84. The van der Waals surface area contributed by atoms with Gasteiger partial charge in [0.25, 0.3) is 0 Å². The molecule has 0 unspecified atom stereocenters. The summed E-state index contributed by atoms with van der Waals surface area (Å²) in [4.78, 5) is 11.1. The summed E-state index contributed by atoms with van der Waals surface area (Å²) in [5, 5.41) is 13.3. The van der Waals surface area contributed by atoms with E-state index in [1.807, 2.05) is 0 Å². The van der Waals surface area contributed by atoms with Crippen molar-refractivity contribution >= 4 is 21.6 Å². The molecular weight excluding hydrogens is 372 g/mol. The van der Waals surface area contributed by atoms with Crippen LogP contribution < -0.4 is 19.5 Å². The standard InChI is InChI=1S/C18H20N2O6S/c1-12(21)20-14-4-6-15(7-5-14)27(23,24)19-10-18(2,22)13-3-8-16-17(9-13)26-11-25-16/h3-9,19,22H,10-11H2,1-2H3,(H,20,21)/t18-/m1/s1. The van der Waals surface area contributed by atoms with Crippen LogP contribution in [-0.2, 0) is 20.4 Å². The van der Waals surface area contributed by atoms with Crippen molar-refractivity contribution in [3.8, 4) is 11.5 Å². The predicted molar refractivity (Wildman–Crippen MR) is 98.1 cm³/mol. The Hall–Kier alpha value is -2.62. The quantitative estimate of drug-likeness (QED) is 0.687. The molecule has 0 bridgehead atoms. The third-order valence-corrected chi connectivity index (χ3v) is 5.50. The SMILES string of the molecule is CC(=O)Nc1ccc(S(=O)(=O)NC[C@@](C)(O)c2ccc3c(c2)OCO3)cc1. The highest BCUT2D eigenvalue weighted by molar-refractivity contribution is 7.89. The lowest BCUT2D eigenvalue weighted by molar-refractivity contribution is -0.114. The summed E-state index contributed by atoms with van der Waals surface area (Å²) >= 11 is 0. The second kappa shape index (κ2) is 7.18. The van der Waals surface area contributed by atoms with E-state index in [1.54, 1.807) is 18.2 Å². The van der Waals surface area contributed by atoms with Gasteiger partial charge in [0.05, 0.1) is 4.90 Å². The van der Waals surface area contributed by atoms with Crippen molar-refractivity contribution in [3.63, 3.8) is 0 Å². The summed E-state index contributed by atoms with van der Waals surface area (Å²) in [5.41, 5.74) is -0.464. The third-order valence-electron chi connectivity index (χ3n) is 4.09. The number of rotatable bonds is 6. The number of amides is 1. The van der Waals surface area contributed by atoms with Gasteiger partial charge in [0.2, 0.25) is 22.7 Å². The average molecular weight is 392 g/mol. The van der Waals surface area contributed by atoms with Crippen molar-refractivity contribution in [1.29, 1.82) is 0 Å². The molecule has 0 saturated carbocycles. The zero-order valence-electron chi connectivity index (χ0n) is 14.9. The van der Waals surface area contributed by atoms with Crippen LogP contribution in [0.2, 0.25) is 0 Å². The van der Waals surface area contributed by atoms with E-state index in [4.69, 9.17) is 9.47 Å². The fraction of sp³-hybridized carbons (Fsp3) is 0.278. The Morgan fingerprint density at radius 3 is 2.48 bits per heavy atom. The van der Waals surface area contributed by atoms with Gasteiger partial charge in [-0.1, -0.05) is 6.07 Å². The molecule has 0 saturated heterocycles. The van der Waals surface area contributed by atoms with Crippen molar-refractivity contribution in [2.75, 3.05) is 18.7 Å². The monoisotopic (exact) mass is 392 g/mol. The van der Waals surface area contributed by atoms with Gasteiger partial charge >= 0.3 is 0 Å². The molecule has 27 heavy (non-hydrogen) atoms. The Balaban J connectivity index is 1.71. The summed E-state index contributed by atoms with van der Waals surface area (Å²) in [6.45, 7) is 2.75. The fourth-order valence-corrected chi connectivity index (χ4v) is 3.71. The molecule has 1 amide bonds. The highest BCUT2D eigenvalue weighted by atomic mass is 32.2. The number of aliphatic hydroxyl groups is 1. The van der Waals surface area contributed by atoms with E-state index in [-0.39, 0.29) is 24.1 Å². The molecule has 3 N–H and O–H groups in total. The lowest BCUT2D eigenvalue weighted by Crippen LogP contribution is -2.38. The van der Waals surface area contributed by atoms with Crippen LogP contribution in [0.1, 0.15) is 19.4 Å². The Kier molecular flexibility index (Phi) is 5.09. The normalized spacial score (nSPS) is 15.2. The number of hydrogen-bond donors (Lipinski definition) is 3. The molecule has 144 valence electrons. The minimum absolute atomic E-state index is 0.0260. The van der Waals surface area contributed by atoms with Gasteiger partial charge in [-0.15, -0.1) is 0 Å². The van der Waals surface area contributed by atoms with Gasteiger partial charge in [0.1, 0.15) is 5.60 Å². The Labute approximate surface area is 157 Å². The van der Waals surface area contributed by atoms with Crippen LogP contribution in [0, 0.1) is 0 Å². The molecular formula is C18H20N2O6S. The van der Waals surface area contributed by atoms with Crippen LogP contribution in [0.4, 0.5) is 5.69 Å². The van der Waals surface area contributed by atoms with Gasteiger partial charge in [-0.25, -0.2) is 13.1 Å². The summed E-state index contributed by atoms with van der Waals surface area (Å²) in [5.74, 6) is 0.835. The Morgan fingerprint density at radius 2 is 1.81 bits per heavy atom. The van der Waals surface area contributed by atoms with Crippen LogP contribution in [0.3, 0.4) is 0 Å². The molecule has 8 nitrogen and oxygen atoms in total. The summed E-state index contributed by atoms with van der Waals surface area (Å²) in [6, 6.07) is 10.7. The van der Waals surface area contributed by atoms with Gasteiger partial charge < -0.3 is 19.9 Å². The molecule has 2 aromatic rings. The second-order valence-electron chi connectivity index (χ2n) is 6.37. The molecule has 1 atom stereocenters. The molecule has 1 aliphatic heterocycles. The first-order valence-corrected chi connectivity index (χ1v) is 9.65. The molecule has 0 spiro atoms. The fourth-order valence-electron chi connectivity index (χ4n) is 2.57. The molecule has 0 aliphatic carbocycles. The van der Waals surface area contributed by atoms with Gasteiger partial charge in [-0.05, 0) is 48.9 Å². The predicted octanol–water partition coefficient (Wildman–Crippen LogP) is 1.56. The third kappa shape index (κ3) is 4.38. The number of hydrogen-bond acceptors (Lipinski definition) is 6. The number of carbonyl (C=O) groups is 1. The van der Waals surface area contributed by atoms with E-state index in [9.17, 15) is 18.3 Å². The molecule has 0 radical (unpaired) electrons. The van der Waals surface area contributed by atoms with Gasteiger partial charge in [0, 0.05) is 19.2 Å². The number of nitrogens with one attached hydrogen (secondary N) is 2. The maximum absolute atomic E-state index is 12.5. The van der Waals surface area contributed by atoms with E-state index < -0.39 is 15.6 Å². The van der Waals surface area contributed by atoms with Crippen LogP contribution >= 0.6 is 0 Å². The van der Waals surface area contributed by atoms with E-state index in [2.05, 4.69) is 10.0 Å². The zero-order chi connectivity index (χ0) is 19.7. The van der Waals surface area contributed by atoms with Gasteiger partial charge in [-0.3, -0.25) is 4.79 Å². The molecule has 1 aliphatic rings. The highest BCUT2D eigenvalue weighted by Crippen LogP contribution is 2.35. The lowest BCUT2D eigenvalue weighted by Gasteiger charge is -2.24. The smallest absolute Gasteiger partial charge is 0.240 e. The number of carbonyl (C=O) groups excluding carboxylic acids is 1. The Morgan fingerprint density at radius 1 is 1.15 bits per heavy atom. The average Bonchev–Trinajstić information content (AvgIpc) is 3.08. The number of sulfonamides is 1. The first-order valence-electron chi connectivity index (χ1n) is 8.17. The summed E-state index contributed by atoms with van der Waals surface area (Å²) in [6.07, 6.45) is 0. The van der Waals surface area contributed by atoms with Crippen LogP contribution in [0.15, 0.2) is 47.4 Å². The lowest BCUT2D eigenvalue weighted by atomic mass is 9.96. The molecule has 0 aromatic heterocycles. The van der Waals surface area contributed by atoms with Gasteiger partial charge in [0.15, 0.2) is 11.5 Å². The zero-order valence-corrected chi connectivity index (χ0v) is 15.7. The van der Waals surface area contributed by atoms with Crippen LogP contribution in [0.25, 0.3) is 0 Å². The number of anilines is 1. The van der Waals surface area contributed by atoms with E-state index in [0.717, 1.165) is 0 Å². The number of fused-ring (bicyclic) bond motifs is 1. The van der Waals surface area contributed by atoms with E-state index >= 15 is 0 Å². The molecule has 9 heteroatoms.